The van der Waals surface area contributed by atoms with Crippen molar-refractivity contribution < 1.29 is 0 Å². The lowest BCUT2D eigenvalue weighted by molar-refractivity contribution is -0.137. The minimum atomic E-state index is 0.671. The van der Waals surface area contributed by atoms with Crippen LogP contribution in [0.15, 0.2) is 0 Å². The Kier molecular flexibility index (Phi) is 2.02. The topological polar surface area (TPSA) is 0 Å². The molecule has 0 aromatic carbocycles. The Labute approximate surface area is 83.1 Å². The van der Waals surface area contributed by atoms with Crippen molar-refractivity contribution in [3.05, 3.63) is 0 Å². The highest BCUT2D eigenvalue weighted by Gasteiger charge is 2.56. The van der Waals surface area contributed by atoms with E-state index in [1.807, 2.05) is 0 Å². The molecule has 1 unspecified atom stereocenters. The fourth-order valence-electron chi connectivity index (χ4n) is 4.07. The Morgan fingerprint density at radius 3 is 2.15 bits per heavy atom. The minimum absolute atomic E-state index is 0.671. The van der Waals surface area contributed by atoms with Crippen molar-refractivity contribution in [3.8, 4) is 0 Å². The molecule has 0 aromatic heterocycles. The summed E-state index contributed by atoms with van der Waals surface area (Å²) < 4.78 is 0. The van der Waals surface area contributed by atoms with Crippen molar-refractivity contribution in [3.63, 3.8) is 0 Å². The molecular formula is C13H24. The van der Waals surface area contributed by atoms with Gasteiger partial charge in [0.15, 0.2) is 0 Å². The van der Waals surface area contributed by atoms with Crippen molar-refractivity contribution in [2.75, 3.05) is 0 Å². The average molecular weight is 180 g/mol. The van der Waals surface area contributed by atoms with Crippen LogP contribution in [-0.4, -0.2) is 0 Å². The zero-order valence-corrected chi connectivity index (χ0v) is 9.80. The van der Waals surface area contributed by atoms with E-state index in [1.165, 1.54) is 12.8 Å². The largest absolute Gasteiger partial charge is 0.0625 e. The smallest absolute Gasteiger partial charge is 0.0295 e. The molecule has 0 aliphatic heterocycles. The highest BCUT2D eigenvalue weighted by molar-refractivity contribution is 5.05. The quantitative estimate of drug-likeness (QED) is 0.573. The molecule has 0 aromatic rings. The zero-order valence-electron chi connectivity index (χ0n) is 9.80. The van der Waals surface area contributed by atoms with Crippen LogP contribution in [-0.2, 0) is 0 Å². The van der Waals surface area contributed by atoms with E-state index in [4.69, 9.17) is 0 Å². The molecule has 4 atom stereocenters. The van der Waals surface area contributed by atoms with Gasteiger partial charge in [0.1, 0.15) is 0 Å². The Morgan fingerprint density at radius 1 is 1.15 bits per heavy atom. The number of hydrogen-bond acceptors (Lipinski definition) is 0. The molecule has 2 bridgehead atoms. The highest BCUT2D eigenvalue weighted by Crippen LogP contribution is 2.63. The summed E-state index contributed by atoms with van der Waals surface area (Å²) in [5.41, 5.74) is 0.671. The molecular weight excluding hydrogens is 156 g/mol. The van der Waals surface area contributed by atoms with Crippen LogP contribution in [0.1, 0.15) is 47.5 Å². The Balaban J connectivity index is 2.12. The van der Waals surface area contributed by atoms with E-state index in [9.17, 15) is 0 Å². The highest BCUT2D eigenvalue weighted by atomic mass is 14.6. The zero-order chi connectivity index (χ0) is 9.80. The van der Waals surface area contributed by atoms with E-state index in [-0.39, 0.29) is 0 Å². The molecule has 13 heavy (non-hydrogen) atoms. The first-order chi connectivity index (χ1) is 5.94. The second kappa shape index (κ2) is 2.74. The normalized spacial score (nSPS) is 47.5. The Morgan fingerprint density at radius 2 is 1.77 bits per heavy atom. The number of hydrogen-bond donors (Lipinski definition) is 0. The van der Waals surface area contributed by atoms with Crippen LogP contribution in [0.4, 0.5) is 0 Å². The summed E-state index contributed by atoms with van der Waals surface area (Å²) in [6, 6.07) is 0. The third-order valence-electron chi connectivity index (χ3n) is 5.27. The van der Waals surface area contributed by atoms with Crippen LogP contribution in [0, 0.1) is 35.0 Å². The molecule has 3 saturated carbocycles. The molecule has 0 heterocycles. The summed E-state index contributed by atoms with van der Waals surface area (Å²) in [5, 5.41) is 0. The van der Waals surface area contributed by atoms with Crippen LogP contribution in [0.5, 0.6) is 0 Å². The van der Waals surface area contributed by atoms with E-state index < -0.39 is 0 Å². The van der Waals surface area contributed by atoms with Crippen LogP contribution < -0.4 is 0 Å². The van der Waals surface area contributed by atoms with E-state index in [0.717, 1.165) is 29.6 Å². The molecule has 0 amide bonds. The first-order valence-corrected chi connectivity index (χ1v) is 5.94. The van der Waals surface area contributed by atoms with E-state index >= 15 is 0 Å². The molecule has 0 nitrogen and oxygen atoms in total. The van der Waals surface area contributed by atoms with Gasteiger partial charge in [0, 0.05) is 0 Å². The molecule has 3 aliphatic rings. The molecule has 0 saturated heterocycles. The molecule has 3 fully saturated rings. The summed E-state index contributed by atoms with van der Waals surface area (Å²) in [7, 11) is 0. The van der Waals surface area contributed by atoms with Gasteiger partial charge in [-0.2, -0.15) is 0 Å². The van der Waals surface area contributed by atoms with Gasteiger partial charge in [0.25, 0.3) is 0 Å². The van der Waals surface area contributed by atoms with Crippen molar-refractivity contribution in [2.24, 2.45) is 35.0 Å². The van der Waals surface area contributed by atoms with Gasteiger partial charge in [0.05, 0.1) is 0 Å². The van der Waals surface area contributed by atoms with Gasteiger partial charge in [0.2, 0.25) is 0 Å². The molecule has 0 spiro atoms. The molecule has 0 heteroatoms. The van der Waals surface area contributed by atoms with Crippen molar-refractivity contribution in [1.29, 1.82) is 0 Å². The molecule has 76 valence electrons. The lowest BCUT2D eigenvalue weighted by Crippen LogP contribution is -2.55. The standard InChI is InChI=1S/C13H24/c1-8(2)11-6-10-7-12(9(11)3)13(10,4)5/h8-12H,6-7H2,1-5H3/t9-,10?,11-,12-/m0/s1. The van der Waals surface area contributed by atoms with Crippen LogP contribution in [0.25, 0.3) is 0 Å². The number of rotatable bonds is 1. The summed E-state index contributed by atoms with van der Waals surface area (Å²) >= 11 is 0. The van der Waals surface area contributed by atoms with Crippen LogP contribution in [0.3, 0.4) is 0 Å². The molecule has 3 aliphatic carbocycles. The SMILES string of the molecule is CC(C)[C@@H]1CC2C[C@@H]([C@H]1C)C2(C)C. The minimum Gasteiger partial charge on any atom is -0.0625 e. The van der Waals surface area contributed by atoms with Crippen LogP contribution >= 0.6 is 0 Å². The lowest BCUT2D eigenvalue weighted by atomic mass is 9.42. The predicted octanol–water partition coefficient (Wildman–Crippen LogP) is 3.96. The monoisotopic (exact) mass is 180 g/mol. The molecule has 3 rings (SSSR count). The van der Waals surface area contributed by atoms with Crippen molar-refractivity contribution in [2.45, 2.75) is 47.5 Å². The van der Waals surface area contributed by atoms with Gasteiger partial charge in [-0.1, -0.05) is 34.6 Å². The van der Waals surface area contributed by atoms with Crippen LogP contribution in [0.2, 0.25) is 0 Å². The fourth-order valence-corrected chi connectivity index (χ4v) is 4.07. The van der Waals surface area contributed by atoms with E-state index in [1.54, 1.807) is 0 Å². The first-order valence-electron chi connectivity index (χ1n) is 5.94. The first kappa shape index (κ1) is 9.55. The average Bonchev–Trinajstić information content (AvgIpc) is 2.02. The van der Waals surface area contributed by atoms with Crippen molar-refractivity contribution in [1.82, 2.24) is 0 Å². The van der Waals surface area contributed by atoms with E-state index in [0.29, 0.717) is 5.41 Å². The van der Waals surface area contributed by atoms with Gasteiger partial charge < -0.3 is 0 Å². The third-order valence-corrected chi connectivity index (χ3v) is 5.27. The Bertz CT molecular complexity index is 200. The van der Waals surface area contributed by atoms with Gasteiger partial charge in [-0.15, -0.1) is 0 Å². The van der Waals surface area contributed by atoms with Crippen molar-refractivity contribution >= 4 is 0 Å². The van der Waals surface area contributed by atoms with Gasteiger partial charge >= 0.3 is 0 Å². The second-order valence-electron chi connectivity index (χ2n) is 6.36. The third kappa shape index (κ3) is 1.17. The van der Waals surface area contributed by atoms with E-state index in [2.05, 4.69) is 34.6 Å². The second-order valence-corrected chi connectivity index (χ2v) is 6.36. The molecule has 0 N–H and O–H groups in total. The van der Waals surface area contributed by atoms with Gasteiger partial charge in [-0.05, 0) is 47.8 Å². The summed E-state index contributed by atoms with van der Waals surface area (Å²) in [6.07, 6.45) is 3.03. The maximum Gasteiger partial charge on any atom is -0.0295 e. The Hall–Kier alpha value is 0. The lowest BCUT2D eigenvalue weighted by Gasteiger charge is -2.63. The number of fused-ring (bicyclic) bond motifs is 2. The fraction of sp³-hybridized carbons (Fsp3) is 1.00. The maximum atomic E-state index is 2.49. The summed E-state index contributed by atoms with van der Waals surface area (Å²) in [5.74, 6) is 4.95. The van der Waals surface area contributed by atoms with Gasteiger partial charge in [-0.3, -0.25) is 0 Å². The summed E-state index contributed by atoms with van der Waals surface area (Å²) in [6.45, 7) is 12.3. The van der Waals surface area contributed by atoms with Gasteiger partial charge in [-0.25, -0.2) is 0 Å². The maximum absolute atomic E-state index is 2.49. The summed E-state index contributed by atoms with van der Waals surface area (Å²) in [4.78, 5) is 0. The predicted molar refractivity (Wildman–Crippen MR) is 57.5 cm³/mol. The molecule has 0 radical (unpaired) electrons.